The first-order valence-corrected chi connectivity index (χ1v) is 10.4. The fraction of sp³-hybridized carbons (Fsp3) is 0.308. The summed E-state index contributed by atoms with van der Waals surface area (Å²) in [6.45, 7) is 0. The van der Waals surface area contributed by atoms with Crippen molar-refractivity contribution in [1.82, 2.24) is 0 Å². The molecule has 0 fully saturated rings. The number of hydrogen-bond donors (Lipinski definition) is 0. The highest BCUT2D eigenvalue weighted by Crippen LogP contribution is 2.54. The van der Waals surface area contributed by atoms with E-state index < -0.39 is 56.5 Å². The van der Waals surface area contributed by atoms with Crippen LogP contribution in [0, 0.1) is 17.2 Å². The van der Waals surface area contributed by atoms with E-state index in [0.717, 1.165) is 0 Å². The predicted octanol–water partition coefficient (Wildman–Crippen LogP) is 6.42. The molecule has 1 atom stereocenters. The van der Waals surface area contributed by atoms with Crippen molar-refractivity contribution in [2.24, 2.45) is 5.92 Å². The fourth-order valence-corrected chi connectivity index (χ4v) is 5.25. The van der Waals surface area contributed by atoms with Gasteiger partial charge in [-0.15, -0.1) is 0 Å². The summed E-state index contributed by atoms with van der Waals surface area (Å²) in [5, 5.41) is 8.03. The summed E-state index contributed by atoms with van der Waals surface area (Å²) in [5.74, 6) is -1.94. The van der Waals surface area contributed by atoms with Crippen LogP contribution in [0.1, 0.15) is 5.56 Å². The number of nitrogens with zero attached hydrogens (tertiary/aromatic N) is 2. The van der Waals surface area contributed by atoms with E-state index in [-0.39, 0.29) is 0 Å². The van der Waals surface area contributed by atoms with Crippen molar-refractivity contribution in [2.45, 2.75) is 14.6 Å². The Morgan fingerprint density at radius 3 is 1.93 bits per heavy atom. The number of nitriles is 1. The highest BCUT2D eigenvalue weighted by molar-refractivity contribution is 7.99. The fourth-order valence-electron chi connectivity index (χ4n) is 2.27. The standard InChI is InChI=1S/C13H4Cl6F4N2O2S/c14-7-1-5(12(20,21)22)2-8(15)10(7)25-4-9(6(3-24)11(25,16)17)28(26,27)13(18,19)23/h1-2,4,6H. The van der Waals surface area contributed by atoms with E-state index in [4.69, 9.17) is 69.6 Å². The summed E-state index contributed by atoms with van der Waals surface area (Å²) in [4.78, 5) is -0.416. The average Bonchev–Trinajstić information content (AvgIpc) is 2.76. The number of sulfone groups is 1. The molecule has 28 heavy (non-hydrogen) atoms. The Bertz CT molecular complexity index is 975. The summed E-state index contributed by atoms with van der Waals surface area (Å²) in [6.07, 6.45) is -4.22. The molecule has 154 valence electrons. The summed E-state index contributed by atoms with van der Waals surface area (Å²) in [5.41, 5.74) is -1.67. The first kappa shape index (κ1) is 23.9. The van der Waals surface area contributed by atoms with Crippen LogP contribution in [0.4, 0.5) is 23.2 Å². The maximum Gasteiger partial charge on any atom is 0.416 e. The Hall–Kier alpha value is -0.340. The van der Waals surface area contributed by atoms with Crippen LogP contribution in [0.2, 0.25) is 10.0 Å². The van der Waals surface area contributed by atoms with Crippen molar-refractivity contribution in [3.63, 3.8) is 0 Å². The SMILES string of the molecule is N#CC1C(S(=O)(=O)C(F)(Cl)Cl)=CN(c2c(Cl)cc(C(F)(F)F)cc2Cl)C1(Cl)Cl. The zero-order chi connectivity index (χ0) is 21.9. The van der Waals surface area contributed by atoms with Crippen molar-refractivity contribution < 1.29 is 26.0 Å². The Morgan fingerprint density at radius 1 is 1.11 bits per heavy atom. The molecule has 15 heteroatoms. The van der Waals surface area contributed by atoms with Gasteiger partial charge in [0.15, 0.2) is 0 Å². The summed E-state index contributed by atoms with van der Waals surface area (Å²) < 4.78 is 70.6. The molecule has 0 bridgehead atoms. The van der Waals surface area contributed by atoms with Gasteiger partial charge >= 0.3 is 10.1 Å². The number of alkyl halides is 8. The Balaban J connectivity index is 2.75. The third kappa shape index (κ3) is 3.97. The molecule has 0 spiro atoms. The largest absolute Gasteiger partial charge is 0.416 e. The molecule has 1 aliphatic heterocycles. The van der Waals surface area contributed by atoms with E-state index in [1.54, 1.807) is 0 Å². The highest BCUT2D eigenvalue weighted by Gasteiger charge is 2.57. The highest BCUT2D eigenvalue weighted by atomic mass is 35.5. The van der Waals surface area contributed by atoms with Gasteiger partial charge in [-0.2, -0.15) is 22.8 Å². The third-order valence-corrected chi connectivity index (χ3v) is 7.71. The van der Waals surface area contributed by atoms with Crippen molar-refractivity contribution in [2.75, 3.05) is 4.90 Å². The van der Waals surface area contributed by atoms with Crippen LogP contribution >= 0.6 is 69.6 Å². The van der Waals surface area contributed by atoms with E-state index in [1.165, 1.54) is 6.07 Å². The number of anilines is 1. The third-order valence-electron chi connectivity index (χ3n) is 3.54. The molecule has 0 aromatic heterocycles. The van der Waals surface area contributed by atoms with Crippen molar-refractivity contribution in [1.29, 1.82) is 5.26 Å². The van der Waals surface area contributed by atoms with E-state index >= 15 is 0 Å². The maximum atomic E-state index is 13.8. The van der Waals surface area contributed by atoms with Gasteiger partial charge in [0.2, 0.25) is 14.3 Å². The summed E-state index contributed by atoms with van der Waals surface area (Å²) in [6, 6.07) is 2.42. The number of benzene rings is 1. The lowest BCUT2D eigenvalue weighted by atomic mass is 10.1. The van der Waals surface area contributed by atoms with Crippen LogP contribution in [0.15, 0.2) is 23.2 Å². The molecular weight excluding hydrogens is 537 g/mol. The first-order chi connectivity index (χ1) is 12.5. The lowest BCUT2D eigenvalue weighted by Crippen LogP contribution is -2.38. The van der Waals surface area contributed by atoms with E-state index in [2.05, 4.69) is 0 Å². The minimum Gasteiger partial charge on any atom is -0.311 e. The molecule has 2 rings (SSSR count). The Morgan fingerprint density at radius 2 is 1.57 bits per heavy atom. The first-order valence-electron chi connectivity index (χ1n) is 6.62. The average molecular weight is 541 g/mol. The smallest absolute Gasteiger partial charge is 0.311 e. The Kier molecular flexibility index (Phi) is 6.34. The number of rotatable bonds is 3. The summed E-state index contributed by atoms with van der Waals surface area (Å²) in [7, 11) is -5.18. The van der Waals surface area contributed by atoms with Gasteiger partial charge in [0.05, 0.1) is 32.3 Å². The lowest BCUT2D eigenvalue weighted by molar-refractivity contribution is -0.137. The van der Waals surface area contributed by atoms with Gasteiger partial charge in [0.25, 0.3) is 0 Å². The number of hydrogen-bond acceptors (Lipinski definition) is 4. The van der Waals surface area contributed by atoms with E-state index in [1.807, 2.05) is 0 Å². The van der Waals surface area contributed by atoms with Crippen LogP contribution in [0.3, 0.4) is 0 Å². The lowest BCUT2D eigenvalue weighted by Gasteiger charge is -2.31. The van der Waals surface area contributed by atoms with E-state index in [0.29, 0.717) is 23.2 Å². The maximum absolute atomic E-state index is 13.8. The zero-order valence-electron chi connectivity index (χ0n) is 12.7. The number of halogens is 10. The Labute approximate surface area is 186 Å². The van der Waals surface area contributed by atoms with Gasteiger partial charge in [0.1, 0.15) is 5.92 Å². The van der Waals surface area contributed by atoms with Gasteiger partial charge in [-0.1, -0.05) is 46.4 Å². The van der Waals surface area contributed by atoms with Gasteiger partial charge < -0.3 is 4.90 Å². The van der Waals surface area contributed by atoms with Gasteiger partial charge in [-0.25, -0.2) is 8.42 Å². The van der Waals surface area contributed by atoms with Crippen LogP contribution in [-0.2, 0) is 16.0 Å². The second kappa shape index (κ2) is 7.41. The van der Waals surface area contributed by atoms with Crippen molar-refractivity contribution >= 4 is 85.1 Å². The molecule has 0 N–H and O–H groups in total. The molecule has 1 aromatic rings. The van der Waals surface area contributed by atoms with Crippen molar-refractivity contribution in [3.8, 4) is 6.07 Å². The molecule has 1 aromatic carbocycles. The van der Waals surface area contributed by atoms with Gasteiger partial charge in [-0.3, -0.25) is 0 Å². The molecular formula is C13H4Cl6F4N2O2S. The van der Waals surface area contributed by atoms with Gasteiger partial charge in [-0.05, 0) is 35.3 Å². The van der Waals surface area contributed by atoms with Crippen LogP contribution in [0.5, 0.6) is 0 Å². The summed E-state index contributed by atoms with van der Waals surface area (Å²) >= 11 is 33.9. The molecule has 1 aliphatic rings. The molecule has 0 aliphatic carbocycles. The normalized spacial score (nSPS) is 20.1. The molecule has 0 saturated heterocycles. The van der Waals surface area contributed by atoms with Crippen LogP contribution in [-0.4, -0.2) is 16.8 Å². The zero-order valence-corrected chi connectivity index (χ0v) is 18.1. The molecule has 0 saturated carbocycles. The second-order valence-electron chi connectivity index (χ2n) is 5.29. The molecule has 0 amide bonds. The predicted molar refractivity (Wildman–Crippen MR) is 100 cm³/mol. The van der Waals surface area contributed by atoms with Crippen LogP contribution < -0.4 is 4.90 Å². The molecule has 1 unspecified atom stereocenters. The van der Waals surface area contributed by atoms with Crippen molar-refractivity contribution in [3.05, 3.63) is 38.8 Å². The monoisotopic (exact) mass is 538 g/mol. The van der Waals surface area contributed by atoms with E-state index in [9.17, 15) is 31.2 Å². The molecule has 4 nitrogen and oxygen atoms in total. The molecule has 0 radical (unpaired) electrons. The minimum absolute atomic E-state index is 0.458. The topological polar surface area (TPSA) is 61.2 Å². The van der Waals surface area contributed by atoms with Crippen LogP contribution in [0.25, 0.3) is 0 Å². The quantitative estimate of drug-likeness (QED) is 0.252. The molecule has 1 heterocycles. The van der Waals surface area contributed by atoms with Gasteiger partial charge in [0, 0.05) is 6.20 Å². The second-order valence-corrected chi connectivity index (χ2v) is 11.2. The minimum atomic E-state index is -5.18.